The van der Waals surface area contributed by atoms with Gasteiger partial charge < -0.3 is 95.8 Å². The first-order chi connectivity index (χ1) is 45.9. The Bertz CT molecular complexity index is 3320. The number of nitrogens with one attached hydrogen (secondary N) is 16. The minimum absolute atomic E-state index is 0.0138. The topological polar surface area (TPSA) is 534 Å². The van der Waals surface area contributed by atoms with Crippen LogP contribution in [0.1, 0.15) is 111 Å². The fourth-order valence-corrected chi connectivity index (χ4v) is 9.64. The van der Waals surface area contributed by atoms with Gasteiger partial charge in [-0.1, -0.05) is 96.0 Å². The molecule has 3 aromatic rings. The number of carbonyl (C=O) groups is 13. The van der Waals surface area contributed by atoms with Crippen molar-refractivity contribution < 1.29 is 72.5 Å². The molecular formula is C64H94N18O15. The Balaban J connectivity index is 1.91. The molecule has 0 aliphatic rings. The summed E-state index contributed by atoms with van der Waals surface area (Å²) in [7, 11) is 0. The Morgan fingerprint density at radius 1 is 0.557 bits per heavy atom. The van der Waals surface area contributed by atoms with Crippen molar-refractivity contribution in [2.45, 2.75) is 167 Å². The van der Waals surface area contributed by atoms with E-state index in [0.717, 1.165) is 13.0 Å². The Morgan fingerprint density at radius 2 is 1.11 bits per heavy atom. The number of carboxylic acid groups (broad SMARTS) is 2. The van der Waals surface area contributed by atoms with Crippen molar-refractivity contribution in [1.82, 2.24) is 74.1 Å². The number of nitrogens with two attached hydrogens (primary N) is 2. The largest absolute Gasteiger partial charge is 0.481 e. The van der Waals surface area contributed by atoms with Crippen molar-refractivity contribution >= 4 is 99.7 Å². The maximum Gasteiger partial charge on any atom is 0.322 e. The average molecular weight is 1360 g/mol. The predicted molar refractivity (Wildman–Crippen MR) is 357 cm³/mol. The van der Waals surface area contributed by atoms with Crippen LogP contribution in [0.15, 0.2) is 78.7 Å². The number of hydrogen-bond acceptors (Lipinski definition) is 15. The molecule has 22 N–H and O–H groups in total. The van der Waals surface area contributed by atoms with E-state index in [1.807, 2.05) is 0 Å². The van der Waals surface area contributed by atoms with Crippen LogP contribution in [0.25, 0.3) is 10.9 Å². The van der Waals surface area contributed by atoms with Crippen molar-refractivity contribution in [1.29, 1.82) is 10.8 Å². The summed E-state index contributed by atoms with van der Waals surface area (Å²) in [6, 6.07) is 3.37. The molecule has 0 fully saturated rings. The lowest BCUT2D eigenvalue weighted by Crippen LogP contribution is -2.61. The molecule has 10 atom stereocenters. The molecule has 0 spiro atoms. The van der Waals surface area contributed by atoms with Gasteiger partial charge in [0.25, 0.3) is 0 Å². The normalized spacial score (nSPS) is 13.9. The SMILES string of the molecule is CCC[C@H](NC(=O)C(Cc1c[nH]c2ccccc12)NC(=O)[C@H](C)NC(=O)[C@@H](NC(=O)C(Cc1ccccc1)NC(=O)[C@H](CCC(=O)O)NC(C)=O)[C@@H](C)CC)C(=O)NC(C(=O)N[C@@H](C=C=CCCNC(=N)N)C(=O)NCC(=O)N[C@@H](CCCNC(=N)N)C(=O)NCC(=O)O)C(C)C. The first kappa shape index (κ1) is 80.4. The molecule has 1 heterocycles. The van der Waals surface area contributed by atoms with Gasteiger partial charge >= 0.3 is 11.9 Å². The number of amides is 11. The molecule has 0 radical (unpaired) electrons. The van der Waals surface area contributed by atoms with Crippen molar-refractivity contribution in [3.05, 3.63) is 89.8 Å². The number of para-hydroxylation sites is 1. The number of aromatic nitrogens is 1. The number of carbonyl (C=O) groups excluding carboxylic acids is 11. The van der Waals surface area contributed by atoms with Crippen LogP contribution in [0.5, 0.6) is 0 Å². The summed E-state index contributed by atoms with van der Waals surface area (Å²) >= 11 is 0. The maximum absolute atomic E-state index is 14.7. The number of fused-ring (bicyclic) bond motifs is 1. The number of carboxylic acids is 2. The smallest absolute Gasteiger partial charge is 0.322 e. The Morgan fingerprint density at radius 3 is 1.74 bits per heavy atom. The Hall–Kier alpha value is -10.8. The van der Waals surface area contributed by atoms with Gasteiger partial charge in [-0.25, -0.2) is 0 Å². The average Bonchev–Trinajstić information content (AvgIpc) is 1.79. The molecule has 0 aliphatic heterocycles. The molecule has 3 unspecified atom stereocenters. The highest BCUT2D eigenvalue weighted by Crippen LogP contribution is 2.20. The third-order valence-corrected chi connectivity index (χ3v) is 15.0. The molecule has 0 aliphatic carbocycles. The van der Waals surface area contributed by atoms with E-state index in [1.165, 1.54) is 13.0 Å². The summed E-state index contributed by atoms with van der Waals surface area (Å²) in [6.45, 7) is 9.70. The summed E-state index contributed by atoms with van der Waals surface area (Å²) in [6.07, 6.45) is 4.35. The summed E-state index contributed by atoms with van der Waals surface area (Å²) in [4.78, 5) is 178. The van der Waals surface area contributed by atoms with Crippen LogP contribution in [-0.4, -0.2) is 185 Å². The van der Waals surface area contributed by atoms with Gasteiger partial charge in [-0.3, -0.25) is 73.1 Å². The minimum atomic E-state index is -1.57. The van der Waals surface area contributed by atoms with Crippen LogP contribution >= 0.6 is 0 Å². The third kappa shape index (κ3) is 29.5. The zero-order valence-electron chi connectivity index (χ0n) is 55.5. The summed E-state index contributed by atoms with van der Waals surface area (Å²) in [5.41, 5.74) is 15.4. The molecule has 2 aromatic carbocycles. The highest BCUT2D eigenvalue weighted by molar-refractivity contribution is 5.99. The standard InChI is InChI=1S/C64H94N18O15/c1-8-19-43(58(93)81-52(35(3)4)61(96)78-45(24-14-11-17-28-69-63(65)66)56(91)72-33-49(84)76-44(25-18-29-70-64(67)68)55(90)73-34-51(87)88)77-59(94)48(31-40-32-71-42-23-16-15-22-41(40)42)79-54(89)37(6)74-62(97)53(36(5)9-2)82-60(95)47(30-39-20-12-10-13-21-39)80-57(92)46(75-38(7)83)26-27-50(85)86/h10-13,15-16,20-24,32,35-37,43-48,52-53,71H,8-9,17-19,25-31,33-34H2,1-7H3,(H,72,91)(H,73,90)(H,74,97)(H,75,83)(H,76,84)(H,77,94)(H,78,96)(H,79,89)(H,80,92)(H,81,93)(H,82,95)(H,85,86)(H,87,88)(H4,65,66,69)(H4,67,68,70)/t14?,36-,37-,43-,44-,45-,46-,47?,48?,52?,53-/m0/s1. The van der Waals surface area contributed by atoms with Gasteiger partial charge in [0.2, 0.25) is 65.0 Å². The molecule has 0 saturated heterocycles. The second-order valence-electron chi connectivity index (χ2n) is 23.3. The molecule has 0 saturated carbocycles. The monoisotopic (exact) mass is 1350 g/mol. The van der Waals surface area contributed by atoms with Crippen LogP contribution in [0, 0.1) is 22.7 Å². The summed E-state index contributed by atoms with van der Waals surface area (Å²) in [5, 5.41) is 67.1. The van der Waals surface area contributed by atoms with Gasteiger partial charge in [-0.15, -0.1) is 5.73 Å². The van der Waals surface area contributed by atoms with Gasteiger partial charge in [-0.05, 0) is 80.2 Å². The van der Waals surface area contributed by atoms with E-state index in [-0.39, 0.29) is 70.0 Å². The number of benzene rings is 2. The zero-order chi connectivity index (χ0) is 72.3. The van der Waals surface area contributed by atoms with Crippen LogP contribution < -0.4 is 80.6 Å². The fourth-order valence-electron chi connectivity index (χ4n) is 9.64. The maximum atomic E-state index is 14.7. The van der Waals surface area contributed by atoms with Crippen LogP contribution in [0.4, 0.5) is 0 Å². The minimum Gasteiger partial charge on any atom is -0.481 e. The lowest BCUT2D eigenvalue weighted by atomic mass is 9.96. The van der Waals surface area contributed by atoms with Gasteiger partial charge in [0.05, 0.1) is 6.54 Å². The molecule has 3 rings (SSSR count). The van der Waals surface area contributed by atoms with Crippen LogP contribution in [-0.2, 0) is 75.2 Å². The third-order valence-electron chi connectivity index (χ3n) is 15.0. The van der Waals surface area contributed by atoms with Crippen molar-refractivity contribution in [3.8, 4) is 0 Å². The van der Waals surface area contributed by atoms with E-state index in [2.05, 4.69) is 79.8 Å². The van der Waals surface area contributed by atoms with E-state index in [0.29, 0.717) is 34.9 Å². The second kappa shape index (κ2) is 41.8. The van der Waals surface area contributed by atoms with E-state index in [1.54, 1.807) is 95.4 Å². The molecule has 0 bridgehead atoms. The van der Waals surface area contributed by atoms with Crippen molar-refractivity contribution in [2.24, 2.45) is 23.3 Å². The summed E-state index contributed by atoms with van der Waals surface area (Å²) in [5.74, 6) is -13.7. The highest BCUT2D eigenvalue weighted by Gasteiger charge is 2.36. The number of guanidine groups is 2. The van der Waals surface area contributed by atoms with E-state index < -0.39 is 163 Å². The predicted octanol–water partition coefficient (Wildman–Crippen LogP) is -2.11. The number of aromatic amines is 1. The second-order valence-corrected chi connectivity index (χ2v) is 23.3. The van der Waals surface area contributed by atoms with Gasteiger partial charge in [-0.2, -0.15) is 0 Å². The van der Waals surface area contributed by atoms with Gasteiger partial charge in [0.15, 0.2) is 11.9 Å². The number of H-pyrrole nitrogens is 1. The van der Waals surface area contributed by atoms with Crippen LogP contribution in [0.3, 0.4) is 0 Å². The molecular weight excluding hydrogens is 1260 g/mol. The number of hydrogen-bond donors (Lipinski definition) is 20. The lowest BCUT2D eigenvalue weighted by Gasteiger charge is -2.29. The van der Waals surface area contributed by atoms with E-state index in [4.69, 9.17) is 27.4 Å². The Labute approximate surface area is 561 Å². The molecule has 97 heavy (non-hydrogen) atoms. The molecule has 11 amide bonds. The first-order valence-electron chi connectivity index (χ1n) is 31.8. The van der Waals surface area contributed by atoms with E-state index >= 15 is 0 Å². The lowest BCUT2D eigenvalue weighted by molar-refractivity contribution is -0.139. The first-order valence-corrected chi connectivity index (χ1v) is 31.8. The zero-order valence-corrected chi connectivity index (χ0v) is 55.5. The summed E-state index contributed by atoms with van der Waals surface area (Å²) < 4.78 is 0. The van der Waals surface area contributed by atoms with Crippen molar-refractivity contribution in [2.75, 3.05) is 26.2 Å². The van der Waals surface area contributed by atoms with Crippen molar-refractivity contribution in [3.63, 3.8) is 0 Å². The molecule has 33 nitrogen and oxygen atoms in total. The highest BCUT2D eigenvalue weighted by atomic mass is 16.4. The molecule has 530 valence electrons. The molecule has 33 heteroatoms. The van der Waals surface area contributed by atoms with Crippen LogP contribution in [0.2, 0.25) is 0 Å². The van der Waals surface area contributed by atoms with Gasteiger partial charge in [0.1, 0.15) is 60.9 Å². The Kier molecular flexibility index (Phi) is 34.6. The fraction of sp³-hybridized carbons (Fsp3) is 0.500. The number of rotatable bonds is 42. The molecule has 1 aromatic heterocycles. The quantitative estimate of drug-likeness (QED) is 0.0125. The van der Waals surface area contributed by atoms with Gasteiger partial charge in [0, 0.05) is 56.4 Å². The van der Waals surface area contributed by atoms with E-state index in [9.17, 15) is 67.4 Å². The number of aliphatic carboxylic acids is 2.